The van der Waals surface area contributed by atoms with Gasteiger partial charge in [-0.1, -0.05) is 38.1 Å². The minimum Gasteiger partial charge on any atom is -0.345 e. The topological polar surface area (TPSA) is 44.1 Å². The second kappa shape index (κ2) is 7.58. The zero-order valence-electron chi connectivity index (χ0n) is 12.0. The molecule has 0 aliphatic carbocycles. The van der Waals surface area contributed by atoms with E-state index in [1.54, 1.807) is 11.9 Å². The molecule has 3 heteroatoms. The standard InChI is InChI=1S/C16H22N2O/c1-4-13(2)15-7-5-14(6-8-15)10-12-18(3)16(19)9-11-17/h5-8,13H,4,9-10,12H2,1-3H3. The Labute approximate surface area is 115 Å². The van der Waals surface area contributed by atoms with Crippen molar-refractivity contribution >= 4 is 5.91 Å². The maximum Gasteiger partial charge on any atom is 0.236 e. The number of carbonyl (C=O) groups excluding carboxylic acids is 1. The minimum absolute atomic E-state index is 0.0382. The Kier molecular flexibility index (Phi) is 6.08. The number of nitriles is 1. The van der Waals surface area contributed by atoms with E-state index in [9.17, 15) is 4.79 Å². The van der Waals surface area contributed by atoms with Crippen molar-refractivity contribution < 1.29 is 4.79 Å². The first-order chi connectivity index (χ1) is 9.08. The second-order valence-electron chi connectivity index (χ2n) is 4.95. The van der Waals surface area contributed by atoms with Crippen LogP contribution in [0.5, 0.6) is 0 Å². The van der Waals surface area contributed by atoms with Gasteiger partial charge in [0, 0.05) is 13.6 Å². The molecule has 1 atom stereocenters. The molecule has 1 aromatic carbocycles. The molecule has 19 heavy (non-hydrogen) atoms. The maximum atomic E-state index is 11.4. The summed E-state index contributed by atoms with van der Waals surface area (Å²) in [5.74, 6) is 0.479. The number of benzene rings is 1. The highest BCUT2D eigenvalue weighted by Crippen LogP contribution is 2.18. The monoisotopic (exact) mass is 258 g/mol. The van der Waals surface area contributed by atoms with Crippen molar-refractivity contribution in [3.05, 3.63) is 35.4 Å². The van der Waals surface area contributed by atoms with Crippen LogP contribution in [0.3, 0.4) is 0 Å². The van der Waals surface area contributed by atoms with Gasteiger partial charge in [0.05, 0.1) is 6.07 Å². The summed E-state index contributed by atoms with van der Waals surface area (Å²) in [6, 6.07) is 10.5. The summed E-state index contributed by atoms with van der Waals surface area (Å²) in [7, 11) is 1.74. The Hall–Kier alpha value is -1.82. The van der Waals surface area contributed by atoms with Gasteiger partial charge < -0.3 is 4.90 Å². The van der Waals surface area contributed by atoms with Crippen LogP contribution in [0.25, 0.3) is 0 Å². The molecule has 0 spiro atoms. The van der Waals surface area contributed by atoms with Crippen molar-refractivity contribution in [3.63, 3.8) is 0 Å². The Morgan fingerprint density at radius 2 is 2.00 bits per heavy atom. The highest BCUT2D eigenvalue weighted by molar-refractivity contribution is 5.77. The van der Waals surface area contributed by atoms with Gasteiger partial charge in [-0.3, -0.25) is 4.79 Å². The lowest BCUT2D eigenvalue weighted by atomic mass is 9.97. The Morgan fingerprint density at radius 3 is 2.53 bits per heavy atom. The van der Waals surface area contributed by atoms with Crippen LogP contribution in [0.1, 0.15) is 43.7 Å². The molecule has 1 aromatic rings. The molecule has 102 valence electrons. The van der Waals surface area contributed by atoms with E-state index in [1.807, 2.05) is 6.07 Å². The van der Waals surface area contributed by atoms with E-state index < -0.39 is 0 Å². The molecule has 0 aliphatic heterocycles. The molecule has 0 aliphatic rings. The van der Waals surface area contributed by atoms with Gasteiger partial charge in [0.25, 0.3) is 0 Å². The lowest BCUT2D eigenvalue weighted by Gasteiger charge is -2.16. The van der Waals surface area contributed by atoms with Crippen LogP contribution in [0.15, 0.2) is 24.3 Å². The van der Waals surface area contributed by atoms with Crippen molar-refractivity contribution in [1.82, 2.24) is 4.90 Å². The third kappa shape index (κ3) is 4.75. The summed E-state index contributed by atoms with van der Waals surface area (Å²) in [5.41, 5.74) is 2.59. The van der Waals surface area contributed by atoms with E-state index in [0.29, 0.717) is 12.5 Å². The number of nitrogens with zero attached hydrogens (tertiary/aromatic N) is 2. The van der Waals surface area contributed by atoms with E-state index in [4.69, 9.17) is 5.26 Å². The van der Waals surface area contributed by atoms with Gasteiger partial charge in [0.15, 0.2) is 0 Å². The Morgan fingerprint density at radius 1 is 1.37 bits per heavy atom. The van der Waals surface area contributed by atoms with Crippen LogP contribution in [0.2, 0.25) is 0 Å². The fraction of sp³-hybridized carbons (Fsp3) is 0.500. The zero-order chi connectivity index (χ0) is 14.3. The van der Waals surface area contributed by atoms with Crippen molar-refractivity contribution in [2.75, 3.05) is 13.6 Å². The molecule has 0 heterocycles. The van der Waals surface area contributed by atoms with Crippen molar-refractivity contribution in [3.8, 4) is 6.07 Å². The fourth-order valence-electron chi connectivity index (χ4n) is 1.87. The summed E-state index contributed by atoms with van der Waals surface area (Å²) in [4.78, 5) is 13.1. The van der Waals surface area contributed by atoms with Crippen LogP contribution in [-0.2, 0) is 11.2 Å². The molecule has 0 bridgehead atoms. The first-order valence-corrected chi connectivity index (χ1v) is 6.78. The van der Waals surface area contributed by atoms with Gasteiger partial charge >= 0.3 is 0 Å². The predicted octanol–water partition coefficient (Wildman–Crippen LogP) is 3.11. The predicted molar refractivity (Wildman–Crippen MR) is 76.7 cm³/mol. The third-order valence-corrected chi connectivity index (χ3v) is 3.55. The number of carbonyl (C=O) groups is 1. The lowest BCUT2D eigenvalue weighted by molar-refractivity contribution is -0.128. The number of rotatable bonds is 6. The van der Waals surface area contributed by atoms with Crippen LogP contribution < -0.4 is 0 Å². The van der Waals surface area contributed by atoms with Gasteiger partial charge in [-0.05, 0) is 29.9 Å². The van der Waals surface area contributed by atoms with Crippen LogP contribution in [-0.4, -0.2) is 24.4 Å². The SMILES string of the molecule is CCC(C)c1ccc(CCN(C)C(=O)CC#N)cc1. The second-order valence-corrected chi connectivity index (χ2v) is 4.95. The highest BCUT2D eigenvalue weighted by Gasteiger charge is 2.08. The van der Waals surface area contributed by atoms with Crippen molar-refractivity contribution in [1.29, 1.82) is 5.26 Å². The largest absolute Gasteiger partial charge is 0.345 e. The van der Waals surface area contributed by atoms with Crippen LogP contribution in [0.4, 0.5) is 0 Å². The smallest absolute Gasteiger partial charge is 0.236 e. The normalized spacial score (nSPS) is 11.7. The molecule has 3 nitrogen and oxygen atoms in total. The molecule has 0 N–H and O–H groups in total. The number of hydrogen-bond acceptors (Lipinski definition) is 2. The van der Waals surface area contributed by atoms with Gasteiger partial charge in [0.2, 0.25) is 5.91 Å². The van der Waals surface area contributed by atoms with E-state index >= 15 is 0 Å². The summed E-state index contributed by atoms with van der Waals surface area (Å²) >= 11 is 0. The fourth-order valence-corrected chi connectivity index (χ4v) is 1.87. The molecular weight excluding hydrogens is 236 g/mol. The summed E-state index contributed by atoms with van der Waals surface area (Å²) in [5, 5.41) is 8.48. The minimum atomic E-state index is -0.112. The van der Waals surface area contributed by atoms with Crippen molar-refractivity contribution in [2.45, 2.75) is 39.0 Å². The molecular formula is C16H22N2O. The molecule has 0 fully saturated rings. The zero-order valence-corrected chi connectivity index (χ0v) is 12.0. The summed E-state index contributed by atoms with van der Waals surface area (Å²) in [6.07, 6.45) is 1.93. The van der Waals surface area contributed by atoms with Gasteiger partial charge in [-0.2, -0.15) is 5.26 Å². The van der Waals surface area contributed by atoms with E-state index in [-0.39, 0.29) is 12.3 Å². The number of hydrogen-bond donors (Lipinski definition) is 0. The van der Waals surface area contributed by atoms with Crippen LogP contribution >= 0.6 is 0 Å². The highest BCUT2D eigenvalue weighted by atomic mass is 16.2. The first kappa shape index (κ1) is 15.2. The molecule has 1 unspecified atom stereocenters. The number of amides is 1. The third-order valence-electron chi connectivity index (χ3n) is 3.55. The molecule has 0 saturated heterocycles. The average molecular weight is 258 g/mol. The van der Waals surface area contributed by atoms with Gasteiger partial charge in [-0.15, -0.1) is 0 Å². The van der Waals surface area contributed by atoms with E-state index in [1.165, 1.54) is 11.1 Å². The van der Waals surface area contributed by atoms with Gasteiger partial charge in [-0.25, -0.2) is 0 Å². The van der Waals surface area contributed by atoms with Crippen molar-refractivity contribution in [2.24, 2.45) is 0 Å². The molecule has 1 rings (SSSR count). The molecule has 0 saturated carbocycles. The van der Waals surface area contributed by atoms with Crippen LogP contribution in [0, 0.1) is 11.3 Å². The van der Waals surface area contributed by atoms with E-state index in [0.717, 1.165) is 12.8 Å². The first-order valence-electron chi connectivity index (χ1n) is 6.78. The number of likely N-dealkylation sites (N-methyl/N-ethyl adjacent to an activating group) is 1. The quantitative estimate of drug-likeness (QED) is 0.787. The Balaban J connectivity index is 2.50. The maximum absolute atomic E-state index is 11.4. The molecule has 0 radical (unpaired) electrons. The molecule has 1 amide bonds. The summed E-state index contributed by atoms with van der Waals surface area (Å²) < 4.78 is 0. The van der Waals surface area contributed by atoms with E-state index in [2.05, 4.69) is 38.1 Å². The van der Waals surface area contributed by atoms with Gasteiger partial charge in [0.1, 0.15) is 6.42 Å². The molecule has 0 aromatic heterocycles. The Bertz CT molecular complexity index is 445. The summed E-state index contributed by atoms with van der Waals surface area (Å²) in [6.45, 7) is 5.07. The lowest BCUT2D eigenvalue weighted by Crippen LogP contribution is -2.28. The average Bonchev–Trinajstić information content (AvgIpc) is 2.44.